The third-order valence-corrected chi connectivity index (χ3v) is 4.88. The molecule has 29 heavy (non-hydrogen) atoms. The minimum Gasteiger partial charge on any atom is -0.493 e. The maximum absolute atomic E-state index is 11.5. The number of ketones is 1. The number of hydrogen-bond donors (Lipinski definition) is 2. The van der Waals surface area contributed by atoms with Gasteiger partial charge in [0.2, 0.25) is 6.79 Å². The standard InChI is InChI=1S/C22H27NO6/c1-14(24)15-5-7-18(20(9-15)26-4)27-12-17(25)11-23-22(2,3)16-6-8-19-21(10-16)29-13-28-19/h5-10,17,23,25H,11-13H2,1-4H3. The van der Waals surface area contributed by atoms with Crippen molar-refractivity contribution in [2.45, 2.75) is 32.4 Å². The van der Waals surface area contributed by atoms with Crippen LogP contribution in [0.2, 0.25) is 0 Å². The predicted octanol–water partition coefficient (Wildman–Crippen LogP) is 2.89. The van der Waals surface area contributed by atoms with Crippen LogP contribution in [-0.2, 0) is 5.54 Å². The first-order valence-corrected chi connectivity index (χ1v) is 9.45. The van der Waals surface area contributed by atoms with Crippen molar-refractivity contribution in [1.82, 2.24) is 5.32 Å². The van der Waals surface area contributed by atoms with Crippen molar-refractivity contribution in [3.63, 3.8) is 0 Å². The van der Waals surface area contributed by atoms with Gasteiger partial charge in [-0.1, -0.05) is 6.07 Å². The lowest BCUT2D eigenvalue weighted by Gasteiger charge is -2.28. The van der Waals surface area contributed by atoms with Gasteiger partial charge in [-0.05, 0) is 56.7 Å². The van der Waals surface area contributed by atoms with Crippen LogP contribution < -0.4 is 24.3 Å². The summed E-state index contributed by atoms with van der Waals surface area (Å²) < 4.78 is 21.8. The van der Waals surface area contributed by atoms with Crippen LogP contribution in [0.5, 0.6) is 23.0 Å². The Balaban J connectivity index is 1.55. The van der Waals surface area contributed by atoms with E-state index >= 15 is 0 Å². The lowest BCUT2D eigenvalue weighted by atomic mass is 9.93. The van der Waals surface area contributed by atoms with Crippen LogP contribution in [-0.4, -0.2) is 44.0 Å². The van der Waals surface area contributed by atoms with Gasteiger partial charge in [-0.2, -0.15) is 0 Å². The fraction of sp³-hybridized carbons (Fsp3) is 0.409. The second kappa shape index (κ2) is 8.71. The number of hydrogen-bond acceptors (Lipinski definition) is 7. The Kier molecular flexibility index (Phi) is 6.30. The monoisotopic (exact) mass is 401 g/mol. The van der Waals surface area contributed by atoms with E-state index < -0.39 is 6.10 Å². The second-order valence-electron chi connectivity index (χ2n) is 7.46. The van der Waals surface area contributed by atoms with E-state index in [0.29, 0.717) is 23.6 Å². The summed E-state index contributed by atoms with van der Waals surface area (Å²) in [5.74, 6) is 2.35. The SMILES string of the molecule is COc1cc(C(C)=O)ccc1OCC(O)CNC(C)(C)c1ccc2c(c1)OCO2. The van der Waals surface area contributed by atoms with E-state index in [1.54, 1.807) is 18.2 Å². The highest BCUT2D eigenvalue weighted by Gasteiger charge is 2.24. The molecule has 0 saturated heterocycles. The van der Waals surface area contributed by atoms with E-state index in [2.05, 4.69) is 5.32 Å². The summed E-state index contributed by atoms with van der Waals surface area (Å²) in [4.78, 5) is 11.5. The number of aliphatic hydroxyl groups excluding tert-OH is 1. The number of carbonyl (C=O) groups is 1. The molecule has 156 valence electrons. The van der Waals surface area contributed by atoms with Gasteiger partial charge in [-0.3, -0.25) is 4.79 Å². The summed E-state index contributed by atoms with van der Waals surface area (Å²) in [6.07, 6.45) is -0.736. The van der Waals surface area contributed by atoms with Crippen molar-refractivity contribution in [3.8, 4) is 23.0 Å². The van der Waals surface area contributed by atoms with Gasteiger partial charge in [0.25, 0.3) is 0 Å². The summed E-state index contributed by atoms with van der Waals surface area (Å²) in [5, 5.41) is 13.7. The van der Waals surface area contributed by atoms with Crippen molar-refractivity contribution < 1.29 is 28.8 Å². The lowest BCUT2D eigenvalue weighted by Crippen LogP contribution is -2.42. The highest BCUT2D eigenvalue weighted by molar-refractivity contribution is 5.94. The van der Waals surface area contributed by atoms with Crippen molar-refractivity contribution in [2.24, 2.45) is 0 Å². The molecule has 0 radical (unpaired) electrons. The van der Waals surface area contributed by atoms with Crippen molar-refractivity contribution in [2.75, 3.05) is 27.1 Å². The number of fused-ring (bicyclic) bond motifs is 1. The third-order valence-electron chi connectivity index (χ3n) is 4.88. The Bertz CT molecular complexity index is 880. The smallest absolute Gasteiger partial charge is 0.231 e. The maximum atomic E-state index is 11.5. The first-order chi connectivity index (χ1) is 13.8. The molecule has 2 aromatic rings. The molecule has 1 atom stereocenters. The predicted molar refractivity (Wildman–Crippen MR) is 108 cm³/mol. The summed E-state index contributed by atoms with van der Waals surface area (Å²) in [6.45, 7) is 6.20. The van der Waals surface area contributed by atoms with Crippen LogP contribution in [0.15, 0.2) is 36.4 Å². The number of methoxy groups -OCH3 is 1. The highest BCUT2D eigenvalue weighted by Crippen LogP contribution is 2.35. The Morgan fingerprint density at radius 2 is 1.93 bits per heavy atom. The van der Waals surface area contributed by atoms with E-state index in [0.717, 1.165) is 17.1 Å². The maximum Gasteiger partial charge on any atom is 0.231 e. The van der Waals surface area contributed by atoms with Gasteiger partial charge in [0.05, 0.1) is 7.11 Å². The Labute approximate surface area is 170 Å². The van der Waals surface area contributed by atoms with E-state index in [4.69, 9.17) is 18.9 Å². The quantitative estimate of drug-likeness (QED) is 0.625. The van der Waals surface area contributed by atoms with Gasteiger partial charge in [-0.25, -0.2) is 0 Å². The molecule has 0 fully saturated rings. The van der Waals surface area contributed by atoms with Gasteiger partial charge in [-0.15, -0.1) is 0 Å². The van der Waals surface area contributed by atoms with E-state index in [9.17, 15) is 9.90 Å². The largest absolute Gasteiger partial charge is 0.493 e. The molecule has 3 rings (SSSR count). The minimum absolute atomic E-state index is 0.0511. The molecule has 1 aliphatic heterocycles. The second-order valence-corrected chi connectivity index (χ2v) is 7.46. The fourth-order valence-electron chi connectivity index (χ4n) is 3.01. The van der Waals surface area contributed by atoms with Gasteiger partial charge < -0.3 is 29.4 Å². The van der Waals surface area contributed by atoms with E-state index in [1.807, 2.05) is 32.0 Å². The van der Waals surface area contributed by atoms with Crippen molar-refractivity contribution in [3.05, 3.63) is 47.5 Å². The Morgan fingerprint density at radius 3 is 2.66 bits per heavy atom. The number of aliphatic hydroxyl groups is 1. The molecule has 0 aliphatic carbocycles. The molecule has 7 heteroatoms. The van der Waals surface area contributed by atoms with Gasteiger partial charge in [0.1, 0.15) is 12.7 Å². The van der Waals surface area contributed by atoms with Gasteiger partial charge >= 0.3 is 0 Å². The molecule has 0 aromatic heterocycles. The number of carbonyl (C=O) groups excluding carboxylic acids is 1. The molecule has 2 N–H and O–H groups in total. The van der Waals surface area contributed by atoms with Crippen LogP contribution >= 0.6 is 0 Å². The fourth-order valence-corrected chi connectivity index (χ4v) is 3.01. The number of nitrogens with one attached hydrogen (secondary N) is 1. The molecule has 2 aromatic carbocycles. The summed E-state index contributed by atoms with van der Waals surface area (Å²) in [5.41, 5.74) is 1.18. The highest BCUT2D eigenvalue weighted by atomic mass is 16.7. The van der Waals surface area contributed by atoms with Crippen molar-refractivity contribution in [1.29, 1.82) is 0 Å². The average Bonchev–Trinajstić information content (AvgIpc) is 3.18. The Morgan fingerprint density at radius 1 is 1.17 bits per heavy atom. The first-order valence-electron chi connectivity index (χ1n) is 9.45. The zero-order valence-electron chi connectivity index (χ0n) is 17.2. The summed E-state index contributed by atoms with van der Waals surface area (Å²) >= 11 is 0. The van der Waals surface area contributed by atoms with Crippen LogP contribution in [0.25, 0.3) is 0 Å². The van der Waals surface area contributed by atoms with Gasteiger partial charge in [0, 0.05) is 17.6 Å². The normalized spacial score (nSPS) is 13.8. The number of ether oxygens (including phenoxy) is 4. The molecule has 1 unspecified atom stereocenters. The topological polar surface area (TPSA) is 86.3 Å². The Hall–Kier alpha value is -2.77. The molecule has 0 amide bonds. The minimum atomic E-state index is -0.736. The molecular weight excluding hydrogens is 374 g/mol. The van der Waals surface area contributed by atoms with Crippen LogP contribution in [0, 0.1) is 0 Å². The molecular formula is C22H27NO6. The first kappa shape index (κ1) is 21.0. The number of Topliss-reactive ketones (excluding diaryl/α,β-unsaturated/α-hetero) is 1. The molecule has 7 nitrogen and oxygen atoms in total. The zero-order chi connectivity index (χ0) is 21.0. The van der Waals surface area contributed by atoms with E-state index in [-0.39, 0.29) is 24.7 Å². The molecule has 0 spiro atoms. The zero-order valence-corrected chi connectivity index (χ0v) is 17.2. The molecule has 0 bridgehead atoms. The number of benzene rings is 2. The third kappa shape index (κ3) is 4.99. The van der Waals surface area contributed by atoms with Crippen LogP contribution in [0.3, 0.4) is 0 Å². The van der Waals surface area contributed by atoms with Crippen LogP contribution in [0.4, 0.5) is 0 Å². The van der Waals surface area contributed by atoms with E-state index in [1.165, 1.54) is 14.0 Å². The van der Waals surface area contributed by atoms with Crippen LogP contribution in [0.1, 0.15) is 36.7 Å². The molecule has 1 aliphatic rings. The average molecular weight is 401 g/mol. The van der Waals surface area contributed by atoms with Crippen molar-refractivity contribution >= 4 is 5.78 Å². The van der Waals surface area contributed by atoms with Gasteiger partial charge in [0.15, 0.2) is 28.8 Å². The summed E-state index contributed by atoms with van der Waals surface area (Å²) in [6, 6.07) is 10.8. The lowest BCUT2D eigenvalue weighted by molar-refractivity contribution is 0.0969. The summed E-state index contributed by atoms with van der Waals surface area (Å²) in [7, 11) is 1.51. The number of rotatable bonds is 9. The molecule has 1 heterocycles. The molecule has 0 saturated carbocycles.